The molecular weight excluding hydrogens is 380 g/mol. The summed E-state index contributed by atoms with van der Waals surface area (Å²) in [5.74, 6) is -0.542. The van der Waals surface area contributed by atoms with Crippen molar-refractivity contribution in [1.82, 2.24) is 15.0 Å². The van der Waals surface area contributed by atoms with Gasteiger partial charge < -0.3 is 10.1 Å². The summed E-state index contributed by atoms with van der Waals surface area (Å²) in [4.78, 5) is 42.9. The largest absolute Gasteiger partial charge is 0.493 e. The lowest BCUT2D eigenvalue weighted by Crippen LogP contribution is -2.39. The Morgan fingerprint density at radius 1 is 1.25 bits per heavy atom. The summed E-state index contributed by atoms with van der Waals surface area (Å²) < 4.78 is 6.44. The number of nitrogens with zero attached hydrogens (tertiary/aromatic N) is 2. The molecule has 2 aromatic heterocycles. The summed E-state index contributed by atoms with van der Waals surface area (Å²) in [5.41, 5.74) is 2.41. The van der Waals surface area contributed by atoms with Crippen molar-refractivity contribution in [3.05, 3.63) is 57.5 Å². The van der Waals surface area contributed by atoms with Crippen molar-refractivity contribution in [3.63, 3.8) is 0 Å². The van der Waals surface area contributed by atoms with Crippen LogP contribution in [0, 0.1) is 0 Å². The van der Waals surface area contributed by atoms with Gasteiger partial charge in [-0.1, -0.05) is 19.1 Å². The zero-order valence-electron chi connectivity index (χ0n) is 15.5. The van der Waals surface area contributed by atoms with Gasteiger partial charge in [0.05, 0.1) is 24.1 Å². The van der Waals surface area contributed by atoms with E-state index in [0.29, 0.717) is 28.1 Å². The average molecular weight is 400 g/mol. The second kappa shape index (κ2) is 8.66. The predicted molar refractivity (Wildman–Crippen MR) is 108 cm³/mol. The molecule has 0 aliphatic rings. The molecule has 1 aromatic carbocycles. The van der Waals surface area contributed by atoms with Crippen LogP contribution in [0.3, 0.4) is 0 Å². The van der Waals surface area contributed by atoms with Crippen LogP contribution in [0.15, 0.2) is 41.5 Å². The first-order valence-corrected chi connectivity index (χ1v) is 9.65. The lowest BCUT2D eigenvalue weighted by atomic mass is 10.2. The number of aryl methyl sites for hydroxylation is 1. The highest BCUT2D eigenvalue weighted by Crippen LogP contribution is 2.20. The van der Waals surface area contributed by atoms with E-state index in [1.54, 1.807) is 30.3 Å². The van der Waals surface area contributed by atoms with Crippen LogP contribution in [-0.4, -0.2) is 34.6 Å². The van der Waals surface area contributed by atoms with Crippen molar-refractivity contribution in [3.8, 4) is 5.75 Å². The topological polar surface area (TPSA) is 102 Å². The number of para-hydroxylation sites is 1. The highest BCUT2D eigenvalue weighted by Gasteiger charge is 2.14. The zero-order chi connectivity index (χ0) is 20.1. The normalized spacial score (nSPS) is 10.6. The molecule has 2 N–H and O–H groups in total. The third-order valence-corrected chi connectivity index (χ3v) is 5.13. The van der Waals surface area contributed by atoms with E-state index in [1.807, 2.05) is 13.8 Å². The maximum atomic E-state index is 12.5. The van der Waals surface area contributed by atoms with E-state index in [2.05, 4.69) is 15.7 Å². The highest BCUT2D eigenvalue weighted by atomic mass is 32.1. The van der Waals surface area contributed by atoms with Gasteiger partial charge in [-0.25, -0.2) is 9.66 Å². The van der Waals surface area contributed by atoms with Gasteiger partial charge in [-0.15, -0.1) is 11.3 Å². The molecule has 0 unspecified atom stereocenters. The molecule has 0 aliphatic heterocycles. The third-order valence-electron chi connectivity index (χ3n) is 3.94. The Morgan fingerprint density at radius 2 is 2.04 bits per heavy atom. The molecule has 0 spiro atoms. The van der Waals surface area contributed by atoms with Gasteiger partial charge in [0.25, 0.3) is 17.4 Å². The van der Waals surface area contributed by atoms with Gasteiger partial charge in [0.15, 0.2) is 0 Å². The quantitative estimate of drug-likeness (QED) is 0.631. The van der Waals surface area contributed by atoms with Crippen LogP contribution in [0.5, 0.6) is 5.75 Å². The van der Waals surface area contributed by atoms with Gasteiger partial charge in [-0.2, -0.15) is 0 Å². The standard InChI is InChI=1S/C19H20N4O4S/c1-3-12-9-14-18(28-12)21-11-23(19(14)26)22-16(24)10-20-17(25)13-7-5-6-8-15(13)27-4-2/h5-9,11H,3-4,10H2,1-2H3,(H,20,25)(H,22,24). The molecule has 2 amide bonds. The van der Waals surface area contributed by atoms with E-state index < -0.39 is 11.8 Å². The fourth-order valence-electron chi connectivity index (χ4n) is 2.59. The Kier molecular flexibility index (Phi) is 6.05. The first-order chi connectivity index (χ1) is 13.5. The van der Waals surface area contributed by atoms with Crippen LogP contribution in [0.1, 0.15) is 29.1 Å². The first-order valence-electron chi connectivity index (χ1n) is 8.83. The molecule has 3 rings (SSSR count). The summed E-state index contributed by atoms with van der Waals surface area (Å²) in [5, 5.41) is 2.98. The number of fused-ring (bicyclic) bond motifs is 1. The van der Waals surface area contributed by atoms with Gasteiger partial charge in [0.1, 0.15) is 16.9 Å². The molecule has 0 bridgehead atoms. The van der Waals surface area contributed by atoms with Crippen molar-refractivity contribution >= 4 is 33.4 Å². The number of thiophene rings is 1. The minimum Gasteiger partial charge on any atom is -0.493 e. The van der Waals surface area contributed by atoms with Crippen LogP contribution >= 0.6 is 11.3 Å². The lowest BCUT2D eigenvalue weighted by Gasteiger charge is -2.11. The number of amides is 2. The van der Waals surface area contributed by atoms with Crippen LogP contribution < -0.4 is 21.0 Å². The SMILES string of the molecule is CCOc1ccccc1C(=O)NCC(=O)Nn1cnc2sc(CC)cc2c1=O. The number of nitrogens with one attached hydrogen (secondary N) is 2. The Morgan fingerprint density at radius 3 is 2.79 bits per heavy atom. The number of hydrogen-bond donors (Lipinski definition) is 2. The second-order valence-electron chi connectivity index (χ2n) is 5.85. The second-order valence-corrected chi connectivity index (χ2v) is 6.97. The number of carbonyl (C=O) groups excluding carboxylic acids is 2. The fourth-order valence-corrected chi connectivity index (χ4v) is 3.52. The average Bonchev–Trinajstić information content (AvgIpc) is 3.13. The molecule has 0 fully saturated rings. The van der Waals surface area contributed by atoms with Crippen molar-refractivity contribution in [1.29, 1.82) is 0 Å². The Hall–Kier alpha value is -3.20. The molecule has 0 saturated carbocycles. The minimum atomic E-state index is -0.545. The van der Waals surface area contributed by atoms with Gasteiger partial charge in [0.2, 0.25) is 0 Å². The van der Waals surface area contributed by atoms with Crippen LogP contribution in [0.25, 0.3) is 10.2 Å². The van der Waals surface area contributed by atoms with E-state index in [0.717, 1.165) is 16.0 Å². The fraction of sp³-hybridized carbons (Fsp3) is 0.263. The van der Waals surface area contributed by atoms with E-state index in [4.69, 9.17) is 4.74 Å². The highest BCUT2D eigenvalue weighted by molar-refractivity contribution is 7.18. The first kappa shape index (κ1) is 19.6. The van der Waals surface area contributed by atoms with E-state index >= 15 is 0 Å². The Bertz CT molecular complexity index is 1070. The summed E-state index contributed by atoms with van der Waals surface area (Å²) in [6, 6.07) is 8.55. The smallest absolute Gasteiger partial charge is 0.280 e. The molecule has 0 aliphatic carbocycles. The maximum Gasteiger partial charge on any atom is 0.280 e. The van der Waals surface area contributed by atoms with Gasteiger partial charge in [0, 0.05) is 4.88 Å². The Balaban J connectivity index is 1.66. The van der Waals surface area contributed by atoms with Gasteiger partial charge in [-0.05, 0) is 31.5 Å². The van der Waals surface area contributed by atoms with Crippen molar-refractivity contribution in [2.24, 2.45) is 0 Å². The number of hydrogen-bond acceptors (Lipinski definition) is 6. The van der Waals surface area contributed by atoms with E-state index in [9.17, 15) is 14.4 Å². The molecule has 2 heterocycles. The van der Waals surface area contributed by atoms with E-state index in [-0.39, 0.29) is 12.1 Å². The van der Waals surface area contributed by atoms with Crippen LogP contribution in [0.4, 0.5) is 0 Å². The van der Waals surface area contributed by atoms with Gasteiger partial charge in [-0.3, -0.25) is 19.8 Å². The minimum absolute atomic E-state index is 0.298. The number of aromatic nitrogens is 2. The van der Waals surface area contributed by atoms with Crippen molar-refractivity contribution < 1.29 is 14.3 Å². The lowest BCUT2D eigenvalue weighted by molar-refractivity contribution is -0.116. The maximum absolute atomic E-state index is 12.5. The number of carbonyl (C=O) groups is 2. The molecule has 28 heavy (non-hydrogen) atoms. The molecule has 146 valence electrons. The summed E-state index contributed by atoms with van der Waals surface area (Å²) in [6.45, 7) is 3.94. The molecule has 3 aromatic rings. The molecule has 0 atom stereocenters. The molecule has 9 heteroatoms. The summed E-state index contributed by atoms with van der Waals surface area (Å²) in [6.07, 6.45) is 2.08. The zero-order valence-corrected chi connectivity index (χ0v) is 16.3. The molecule has 8 nitrogen and oxygen atoms in total. The molecule has 0 radical (unpaired) electrons. The number of ether oxygens (including phenoxy) is 1. The summed E-state index contributed by atoms with van der Waals surface area (Å²) >= 11 is 1.45. The van der Waals surface area contributed by atoms with Crippen molar-refractivity contribution in [2.75, 3.05) is 18.6 Å². The number of benzene rings is 1. The molecule has 0 saturated heterocycles. The monoisotopic (exact) mass is 400 g/mol. The van der Waals surface area contributed by atoms with Crippen LogP contribution in [0.2, 0.25) is 0 Å². The van der Waals surface area contributed by atoms with Crippen LogP contribution in [-0.2, 0) is 11.2 Å². The predicted octanol–water partition coefficient (Wildman–Crippen LogP) is 1.92. The van der Waals surface area contributed by atoms with Crippen molar-refractivity contribution in [2.45, 2.75) is 20.3 Å². The third kappa shape index (κ3) is 4.20. The Labute approximate surface area is 165 Å². The van der Waals surface area contributed by atoms with Gasteiger partial charge >= 0.3 is 0 Å². The number of rotatable bonds is 7. The molecular formula is C19H20N4O4S. The summed E-state index contributed by atoms with van der Waals surface area (Å²) in [7, 11) is 0. The van der Waals surface area contributed by atoms with E-state index in [1.165, 1.54) is 17.7 Å².